The zero-order chi connectivity index (χ0) is 30.4. The maximum absolute atomic E-state index is 10.4. The Bertz CT molecular complexity index is 1270. The van der Waals surface area contributed by atoms with E-state index in [4.69, 9.17) is 37.9 Å². The molecular formula is C32H42N2O9. The van der Waals surface area contributed by atoms with E-state index in [-0.39, 0.29) is 12.7 Å². The highest BCUT2D eigenvalue weighted by atomic mass is 16.6. The van der Waals surface area contributed by atoms with Gasteiger partial charge in [-0.3, -0.25) is 0 Å². The van der Waals surface area contributed by atoms with E-state index in [2.05, 4.69) is 10.6 Å². The lowest BCUT2D eigenvalue weighted by molar-refractivity contribution is 0.0875. The number of nitrogens with one attached hydrogen (secondary N) is 2. The van der Waals surface area contributed by atoms with Crippen LogP contribution in [-0.2, 0) is 6.42 Å². The summed E-state index contributed by atoms with van der Waals surface area (Å²) >= 11 is 0. The van der Waals surface area contributed by atoms with Gasteiger partial charge in [0.1, 0.15) is 37.8 Å². The van der Waals surface area contributed by atoms with Crippen LogP contribution >= 0.6 is 0 Å². The van der Waals surface area contributed by atoms with Crippen molar-refractivity contribution in [1.82, 2.24) is 10.6 Å². The number of hydrogen-bond acceptors (Lipinski definition) is 11. The van der Waals surface area contributed by atoms with Crippen LogP contribution in [0.1, 0.15) is 5.56 Å². The Labute approximate surface area is 252 Å². The van der Waals surface area contributed by atoms with Crippen molar-refractivity contribution in [2.45, 2.75) is 18.6 Å². The van der Waals surface area contributed by atoms with E-state index in [0.29, 0.717) is 85.4 Å². The molecule has 0 aromatic heterocycles. The van der Waals surface area contributed by atoms with Gasteiger partial charge < -0.3 is 53.6 Å². The van der Waals surface area contributed by atoms with Crippen molar-refractivity contribution in [2.75, 3.05) is 74.4 Å². The molecule has 3 aromatic rings. The normalized spacial score (nSPS) is 14.5. The lowest BCUT2D eigenvalue weighted by atomic mass is 10.1. The Morgan fingerprint density at radius 3 is 2.33 bits per heavy atom. The molecule has 0 aliphatic carbocycles. The van der Waals surface area contributed by atoms with Gasteiger partial charge in [0.15, 0.2) is 34.5 Å². The third-order valence-electron chi connectivity index (χ3n) is 6.77. The van der Waals surface area contributed by atoms with Crippen LogP contribution in [0.25, 0.3) is 0 Å². The number of benzene rings is 3. The first-order chi connectivity index (χ1) is 21.0. The highest BCUT2D eigenvalue weighted by molar-refractivity contribution is 5.51. The summed E-state index contributed by atoms with van der Waals surface area (Å²) in [6.07, 6.45) is -0.0208. The molecule has 3 aromatic carbocycles. The summed E-state index contributed by atoms with van der Waals surface area (Å²) in [5, 5.41) is 17.0. The number of rotatable bonds is 18. The van der Waals surface area contributed by atoms with Crippen LogP contribution in [0.15, 0.2) is 54.6 Å². The van der Waals surface area contributed by atoms with Gasteiger partial charge in [-0.05, 0) is 54.9 Å². The van der Waals surface area contributed by atoms with Crippen molar-refractivity contribution in [1.29, 1.82) is 0 Å². The van der Waals surface area contributed by atoms with Crippen LogP contribution in [0, 0.1) is 0 Å². The van der Waals surface area contributed by atoms with Crippen molar-refractivity contribution >= 4 is 0 Å². The predicted molar refractivity (Wildman–Crippen MR) is 162 cm³/mol. The molecule has 234 valence electrons. The molecule has 0 spiro atoms. The molecule has 3 N–H and O–H groups in total. The van der Waals surface area contributed by atoms with Gasteiger partial charge in [-0.25, -0.2) is 0 Å². The average Bonchev–Trinajstić information content (AvgIpc) is 3.05. The molecule has 0 amide bonds. The van der Waals surface area contributed by atoms with E-state index in [0.717, 1.165) is 12.0 Å². The summed E-state index contributed by atoms with van der Waals surface area (Å²) in [6, 6.07) is 16.8. The molecular weight excluding hydrogens is 556 g/mol. The summed E-state index contributed by atoms with van der Waals surface area (Å²) in [6.45, 7) is 3.29. The van der Waals surface area contributed by atoms with Crippen LogP contribution in [-0.4, -0.2) is 91.8 Å². The summed E-state index contributed by atoms with van der Waals surface area (Å²) in [4.78, 5) is 0. The molecule has 0 saturated heterocycles. The van der Waals surface area contributed by atoms with Crippen molar-refractivity contribution in [3.8, 4) is 46.0 Å². The fraction of sp³-hybridized carbons (Fsp3) is 0.438. The fourth-order valence-electron chi connectivity index (χ4n) is 4.52. The molecule has 43 heavy (non-hydrogen) atoms. The largest absolute Gasteiger partial charge is 0.493 e. The van der Waals surface area contributed by atoms with E-state index in [1.54, 1.807) is 34.5 Å². The number of para-hydroxylation sites is 1. The number of fused-ring (bicyclic) bond motifs is 1. The third kappa shape index (κ3) is 9.21. The number of hydrogen-bond donors (Lipinski definition) is 3. The molecule has 2 unspecified atom stereocenters. The molecule has 1 aliphatic rings. The summed E-state index contributed by atoms with van der Waals surface area (Å²) in [5.74, 6) is 5.09. The second-order valence-corrected chi connectivity index (χ2v) is 9.81. The van der Waals surface area contributed by atoms with Crippen LogP contribution in [0.5, 0.6) is 46.0 Å². The van der Waals surface area contributed by atoms with Crippen molar-refractivity contribution in [3.63, 3.8) is 0 Å². The van der Waals surface area contributed by atoms with Gasteiger partial charge >= 0.3 is 0 Å². The van der Waals surface area contributed by atoms with E-state index in [1.165, 1.54) is 0 Å². The Hall–Kier alpha value is -4.06. The lowest BCUT2D eigenvalue weighted by Crippen LogP contribution is -2.39. The zero-order valence-corrected chi connectivity index (χ0v) is 25.2. The maximum atomic E-state index is 10.4. The van der Waals surface area contributed by atoms with Crippen LogP contribution in [0.4, 0.5) is 0 Å². The van der Waals surface area contributed by atoms with Gasteiger partial charge in [-0.2, -0.15) is 0 Å². The highest BCUT2D eigenvalue weighted by Gasteiger charge is 2.21. The number of methoxy groups -OCH3 is 4. The molecule has 0 bridgehead atoms. The topological polar surface area (TPSA) is 118 Å². The smallest absolute Gasteiger partial charge is 0.203 e. The standard InChI is InChI=1S/C32H42N2O9/c1-36-26-10-8-22(16-30(26)39-4)12-13-33-18-23(35)20-41-24-9-11-27-31(17-24)42-21-25(43-27)19-34-14-15-40-32-28(37-2)6-5-7-29(32)38-3/h5-11,16-17,23,25,33-35H,12-15,18-21H2,1-4H3. The van der Waals surface area contributed by atoms with Gasteiger partial charge in [0.25, 0.3) is 0 Å². The van der Waals surface area contributed by atoms with Crippen LogP contribution in [0.3, 0.4) is 0 Å². The quantitative estimate of drug-likeness (QED) is 0.188. The van der Waals surface area contributed by atoms with Gasteiger partial charge in [0.05, 0.1) is 28.4 Å². The minimum absolute atomic E-state index is 0.146. The van der Waals surface area contributed by atoms with Crippen LogP contribution in [0.2, 0.25) is 0 Å². The SMILES string of the molecule is COc1ccc(CCNCC(O)COc2ccc3c(c2)OCC(CNCCOc2c(OC)cccc2OC)O3)cc1OC. The second kappa shape index (κ2) is 16.5. The van der Waals surface area contributed by atoms with E-state index in [1.807, 2.05) is 48.5 Å². The number of ether oxygens (including phenoxy) is 8. The number of aliphatic hydroxyl groups is 1. The van der Waals surface area contributed by atoms with Crippen LogP contribution < -0.4 is 48.5 Å². The van der Waals surface area contributed by atoms with Crippen molar-refractivity contribution in [2.24, 2.45) is 0 Å². The molecule has 4 rings (SSSR count). The molecule has 0 radical (unpaired) electrons. The van der Waals surface area contributed by atoms with Gasteiger partial charge in [-0.15, -0.1) is 0 Å². The Kier molecular flexibility index (Phi) is 12.3. The molecule has 0 saturated carbocycles. The summed E-state index contributed by atoms with van der Waals surface area (Å²) in [5.41, 5.74) is 1.12. The highest BCUT2D eigenvalue weighted by Crippen LogP contribution is 2.37. The first kappa shape index (κ1) is 31.9. The fourth-order valence-corrected chi connectivity index (χ4v) is 4.52. The van der Waals surface area contributed by atoms with Crippen molar-refractivity contribution < 1.29 is 43.0 Å². The molecule has 2 atom stereocenters. The first-order valence-electron chi connectivity index (χ1n) is 14.2. The second-order valence-electron chi connectivity index (χ2n) is 9.81. The molecule has 1 aliphatic heterocycles. The molecule has 11 heteroatoms. The molecule has 0 fully saturated rings. The zero-order valence-electron chi connectivity index (χ0n) is 25.2. The third-order valence-corrected chi connectivity index (χ3v) is 6.77. The van der Waals surface area contributed by atoms with E-state index >= 15 is 0 Å². The molecule has 1 heterocycles. The predicted octanol–water partition coefficient (Wildman–Crippen LogP) is 3.10. The van der Waals surface area contributed by atoms with Gasteiger partial charge in [0, 0.05) is 25.7 Å². The monoisotopic (exact) mass is 598 g/mol. The Morgan fingerprint density at radius 2 is 1.58 bits per heavy atom. The van der Waals surface area contributed by atoms with E-state index in [9.17, 15) is 5.11 Å². The number of aliphatic hydroxyl groups excluding tert-OH is 1. The lowest BCUT2D eigenvalue weighted by Gasteiger charge is -2.27. The minimum atomic E-state index is -0.665. The summed E-state index contributed by atoms with van der Waals surface area (Å²) in [7, 11) is 6.43. The molecule has 11 nitrogen and oxygen atoms in total. The average molecular weight is 599 g/mol. The van der Waals surface area contributed by atoms with E-state index < -0.39 is 6.10 Å². The summed E-state index contributed by atoms with van der Waals surface area (Å²) < 4.78 is 45.0. The maximum Gasteiger partial charge on any atom is 0.203 e. The Balaban J connectivity index is 1.12. The van der Waals surface area contributed by atoms with Crippen molar-refractivity contribution in [3.05, 3.63) is 60.2 Å². The minimum Gasteiger partial charge on any atom is -0.493 e. The Morgan fingerprint density at radius 1 is 0.814 bits per heavy atom. The van der Waals surface area contributed by atoms with Gasteiger partial charge in [0.2, 0.25) is 5.75 Å². The van der Waals surface area contributed by atoms with Gasteiger partial charge in [-0.1, -0.05) is 12.1 Å². The first-order valence-corrected chi connectivity index (χ1v) is 14.2.